The van der Waals surface area contributed by atoms with Gasteiger partial charge in [0.15, 0.2) is 0 Å². The molecule has 1 heterocycles. The molecule has 0 unspecified atom stereocenters. The molecule has 0 aliphatic rings. The average molecular weight is 284 g/mol. The Labute approximate surface area is 119 Å². The van der Waals surface area contributed by atoms with Crippen molar-refractivity contribution in [2.45, 2.75) is 33.2 Å². The molecule has 0 saturated carbocycles. The van der Waals surface area contributed by atoms with E-state index < -0.39 is 0 Å². The Bertz CT molecular complexity index is 405. The average Bonchev–Trinajstić information content (AvgIpc) is 2.70. The van der Waals surface area contributed by atoms with Crippen molar-refractivity contribution in [2.75, 3.05) is 18.1 Å². The van der Waals surface area contributed by atoms with E-state index in [-0.39, 0.29) is 12.1 Å². The number of aromatic nitrogens is 2. The number of thioether (sulfide) groups is 1. The molecule has 2 amide bonds. The van der Waals surface area contributed by atoms with Gasteiger partial charge in [-0.05, 0) is 31.8 Å². The number of aryl methyl sites for hydroxylation is 1. The number of hydrogen-bond acceptors (Lipinski definition) is 3. The van der Waals surface area contributed by atoms with Crippen molar-refractivity contribution < 1.29 is 4.79 Å². The van der Waals surface area contributed by atoms with Crippen LogP contribution in [-0.2, 0) is 7.05 Å². The topological polar surface area (TPSA) is 59.0 Å². The van der Waals surface area contributed by atoms with Gasteiger partial charge in [0, 0.05) is 24.8 Å². The number of hydrogen-bond donors (Lipinski definition) is 2. The number of nitrogens with zero attached hydrogens (tertiary/aromatic N) is 2. The zero-order valence-corrected chi connectivity index (χ0v) is 13.0. The van der Waals surface area contributed by atoms with Crippen molar-refractivity contribution >= 4 is 17.8 Å². The zero-order chi connectivity index (χ0) is 14.3. The van der Waals surface area contributed by atoms with Crippen molar-refractivity contribution in [3.05, 3.63) is 17.5 Å². The van der Waals surface area contributed by atoms with Gasteiger partial charge in [0.25, 0.3) is 0 Å². The van der Waals surface area contributed by atoms with Crippen LogP contribution in [0.15, 0.2) is 6.20 Å². The number of carbonyl (C=O) groups excluding carboxylic acids is 1. The number of rotatable bonds is 7. The van der Waals surface area contributed by atoms with Crippen molar-refractivity contribution in [2.24, 2.45) is 7.05 Å². The van der Waals surface area contributed by atoms with Gasteiger partial charge in [-0.15, -0.1) is 0 Å². The molecule has 1 atom stereocenters. The fourth-order valence-electron chi connectivity index (χ4n) is 1.79. The minimum atomic E-state index is -0.114. The third-order valence-electron chi connectivity index (χ3n) is 3.04. The second-order valence-corrected chi connectivity index (χ2v) is 5.88. The fraction of sp³-hybridized carbons (Fsp3) is 0.692. The molecule has 0 saturated heterocycles. The van der Waals surface area contributed by atoms with E-state index in [4.69, 9.17) is 0 Å². The molecule has 0 radical (unpaired) electrons. The predicted octanol–water partition coefficient (Wildman–Crippen LogP) is 2.23. The van der Waals surface area contributed by atoms with Crippen LogP contribution in [0.2, 0.25) is 0 Å². The number of nitrogens with one attached hydrogen (secondary N) is 2. The molecule has 108 valence electrons. The van der Waals surface area contributed by atoms with Crippen LogP contribution in [0.3, 0.4) is 0 Å². The highest BCUT2D eigenvalue weighted by Crippen LogP contribution is 2.15. The zero-order valence-electron chi connectivity index (χ0n) is 12.2. The molecule has 0 bridgehead atoms. The van der Waals surface area contributed by atoms with Gasteiger partial charge in [-0.2, -0.15) is 16.9 Å². The van der Waals surface area contributed by atoms with E-state index in [0.717, 1.165) is 35.7 Å². The van der Waals surface area contributed by atoms with Crippen LogP contribution in [0.4, 0.5) is 4.79 Å². The third-order valence-corrected chi connectivity index (χ3v) is 4.03. The quantitative estimate of drug-likeness (QED) is 0.755. The smallest absolute Gasteiger partial charge is 0.315 e. The summed E-state index contributed by atoms with van der Waals surface area (Å²) in [7, 11) is 1.90. The lowest BCUT2D eigenvalue weighted by Gasteiger charge is -2.14. The number of carbonyl (C=O) groups is 1. The summed E-state index contributed by atoms with van der Waals surface area (Å²) < 4.78 is 1.81. The van der Waals surface area contributed by atoms with Crippen LogP contribution in [0.5, 0.6) is 0 Å². The van der Waals surface area contributed by atoms with Gasteiger partial charge in [0.2, 0.25) is 0 Å². The van der Waals surface area contributed by atoms with E-state index in [0.29, 0.717) is 0 Å². The highest BCUT2D eigenvalue weighted by molar-refractivity contribution is 7.99. The van der Waals surface area contributed by atoms with Gasteiger partial charge >= 0.3 is 6.03 Å². The Kier molecular flexibility index (Phi) is 6.77. The fourth-order valence-corrected chi connectivity index (χ4v) is 2.42. The van der Waals surface area contributed by atoms with Crippen molar-refractivity contribution in [3.63, 3.8) is 0 Å². The van der Waals surface area contributed by atoms with Gasteiger partial charge in [-0.1, -0.05) is 6.92 Å². The summed E-state index contributed by atoms with van der Waals surface area (Å²) in [6.07, 6.45) is 2.81. The Morgan fingerprint density at radius 3 is 2.89 bits per heavy atom. The first-order valence-corrected chi connectivity index (χ1v) is 7.82. The van der Waals surface area contributed by atoms with E-state index in [1.165, 1.54) is 0 Å². The van der Waals surface area contributed by atoms with Gasteiger partial charge in [-0.25, -0.2) is 4.79 Å². The minimum absolute atomic E-state index is 0.0290. The SMILES string of the molecule is CCSCCCNC(=O)N[C@@H](C)c1cnn(C)c1C. The number of amides is 2. The molecule has 6 heteroatoms. The summed E-state index contributed by atoms with van der Waals surface area (Å²) in [5, 5.41) is 9.99. The maximum Gasteiger partial charge on any atom is 0.315 e. The first kappa shape index (κ1) is 15.9. The molecule has 1 aromatic heterocycles. The maximum atomic E-state index is 11.7. The van der Waals surface area contributed by atoms with Crippen LogP contribution < -0.4 is 10.6 Å². The Hall–Kier alpha value is -1.17. The second kappa shape index (κ2) is 8.09. The normalized spacial score (nSPS) is 12.2. The summed E-state index contributed by atoms with van der Waals surface area (Å²) in [6, 6.07) is -0.143. The van der Waals surface area contributed by atoms with Crippen LogP contribution in [0.1, 0.15) is 37.6 Å². The van der Waals surface area contributed by atoms with Crippen LogP contribution in [-0.4, -0.2) is 33.9 Å². The molecule has 2 N–H and O–H groups in total. The highest BCUT2D eigenvalue weighted by Gasteiger charge is 2.13. The molecule has 5 nitrogen and oxygen atoms in total. The van der Waals surface area contributed by atoms with Crippen molar-refractivity contribution in [1.29, 1.82) is 0 Å². The maximum absolute atomic E-state index is 11.7. The Balaban J connectivity index is 2.30. The van der Waals surface area contributed by atoms with E-state index in [9.17, 15) is 4.79 Å². The van der Waals surface area contributed by atoms with Gasteiger partial charge in [0.1, 0.15) is 0 Å². The van der Waals surface area contributed by atoms with E-state index in [2.05, 4.69) is 22.7 Å². The molecular formula is C13H24N4OS. The van der Waals surface area contributed by atoms with Crippen LogP contribution in [0, 0.1) is 6.92 Å². The summed E-state index contributed by atoms with van der Waals surface area (Å²) in [5.41, 5.74) is 2.13. The highest BCUT2D eigenvalue weighted by atomic mass is 32.2. The first-order chi connectivity index (χ1) is 9.06. The monoisotopic (exact) mass is 284 g/mol. The van der Waals surface area contributed by atoms with Crippen molar-refractivity contribution in [1.82, 2.24) is 20.4 Å². The molecule has 0 aromatic carbocycles. The Morgan fingerprint density at radius 1 is 1.58 bits per heavy atom. The molecule has 1 aromatic rings. The lowest BCUT2D eigenvalue weighted by molar-refractivity contribution is 0.238. The lowest BCUT2D eigenvalue weighted by Crippen LogP contribution is -2.37. The molecule has 19 heavy (non-hydrogen) atoms. The molecule has 0 fully saturated rings. The lowest BCUT2D eigenvalue weighted by atomic mass is 10.1. The van der Waals surface area contributed by atoms with E-state index in [1.54, 1.807) is 6.20 Å². The van der Waals surface area contributed by atoms with E-state index >= 15 is 0 Å². The first-order valence-electron chi connectivity index (χ1n) is 6.66. The molecule has 0 aliphatic heterocycles. The summed E-state index contributed by atoms with van der Waals surface area (Å²) in [4.78, 5) is 11.7. The number of urea groups is 1. The van der Waals surface area contributed by atoms with Gasteiger partial charge in [0.05, 0.1) is 12.2 Å². The minimum Gasteiger partial charge on any atom is -0.338 e. The van der Waals surface area contributed by atoms with Crippen LogP contribution >= 0.6 is 11.8 Å². The molecule has 1 rings (SSSR count). The summed E-state index contributed by atoms with van der Waals surface area (Å²) >= 11 is 1.89. The molecule has 0 aliphatic carbocycles. The Morgan fingerprint density at radius 2 is 2.32 bits per heavy atom. The predicted molar refractivity (Wildman–Crippen MR) is 80.5 cm³/mol. The van der Waals surface area contributed by atoms with E-state index in [1.807, 2.05) is 37.3 Å². The largest absolute Gasteiger partial charge is 0.338 e. The summed E-state index contributed by atoms with van der Waals surface area (Å²) in [5.74, 6) is 2.22. The third kappa shape index (κ3) is 5.14. The van der Waals surface area contributed by atoms with Gasteiger partial charge in [-0.3, -0.25) is 4.68 Å². The van der Waals surface area contributed by atoms with Crippen LogP contribution in [0.25, 0.3) is 0 Å². The van der Waals surface area contributed by atoms with Gasteiger partial charge < -0.3 is 10.6 Å². The second-order valence-electron chi connectivity index (χ2n) is 4.48. The molecule has 0 spiro atoms. The summed E-state index contributed by atoms with van der Waals surface area (Å²) in [6.45, 7) is 6.83. The standard InChI is InChI=1S/C13H24N4OS/c1-5-19-8-6-7-14-13(18)16-10(2)12-9-15-17(4)11(12)3/h9-10H,5-8H2,1-4H3,(H2,14,16,18)/t10-/m0/s1. The van der Waals surface area contributed by atoms with Crippen molar-refractivity contribution in [3.8, 4) is 0 Å². The molecular weight excluding hydrogens is 260 g/mol.